The Balaban J connectivity index is 2.84. The summed E-state index contributed by atoms with van der Waals surface area (Å²) >= 11 is 0. The number of nitrogens with zero attached hydrogens (tertiary/aromatic N) is 4. The lowest BCUT2D eigenvalue weighted by atomic mass is 10.2. The van der Waals surface area contributed by atoms with E-state index in [-0.39, 0.29) is 5.82 Å². The number of methoxy groups -OCH3 is 1. The summed E-state index contributed by atoms with van der Waals surface area (Å²) in [6.07, 6.45) is 3.66. The molecule has 6 nitrogen and oxygen atoms in total. The molecule has 0 aliphatic heterocycles. The quantitative estimate of drug-likeness (QED) is 0.642. The van der Waals surface area contributed by atoms with E-state index >= 15 is 0 Å². The zero-order chi connectivity index (χ0) is 19.5. The van der Waals surface area contributed by atoms with Crippen LogP contribution in [0.1, 0.15) is 27.2 Å². The number of aliphatic imine (C=N–C) groups is 1. The van der Waals surface area contributed by atoms with Crippen molar-refractivity contribution in [3.05, 3.63) is 42.1 Å². The van der Waals surface area contributed by atoms with Gasteiger partial charge >= 0.3 is 0 Å². The lowest BCUT2D eigenvalue weighted by molar-refractivity contribution is 0.205. The largest absolute Gasteiger partial charge is 0.383 e. The highest BCUT2D eigenvalue weighted by Crippen LogP contribution is 2.20. The monoisotopic (exact) mass is 359 g/mol. The number of likely N-dealkylation sites (N-methyl/N-ethyl adjacent to an activating group) is 1. The van der Waals surface area contributed by atoms with Gasteiger partial charge in [-0.05, 0) is 26.3 Å². The predicted molar refractivity (Wildman–Crippen MR) is 104 cm³/mol. The van der Waals surface area contributed by atoms with Crippen molar-refractivity contribution < 1.29 is 9.13 Å². The summed E-state index contributed by atoms with van der Waals surface area (Å²) < 4.78 is 19.4. The SMILES string of the molecule is C=C(/N=C(C)\C(C)=C/CC#N)Nc1cnc(N(CC)CCOC)c(F)c1. The van der Waals surface area contributed by atoms with Crippen LogP contribution in [-0.2, 0) is 4.74 Å². The Hall–Kier alpha value is -2.72. The molecular formula is C19H26FN5O. The van der Waals surface area contributed by atoms with Crippen LogP contribution in [0, 0.1) is 17.1 Å². The third-order valence-electron chi connectivity index (χ3n) is 3.73. The van der Waals surface area contributed by atoms with E-state index in [9.17, 15) is 4.39 Å². The lowest BCUT2D eigenvalue weighted by Crippen LogP contribution is -2.28. The number of aromatic nitrogens is 1. The lowest BCUT2D eigenvalue weighted by Gasteiger charge is -2.22. The van der Waals surface area contributed by atoms with Gasteiger partial charge in [0.1, 0.15) is 5.82 Å². The molecule has 1 aromatic rings. The Morgan fingerprint density at radius 1 is 1.54 bits per heavy atom. The van der Waals surface area contributed by atoms with Gasteiger partial charge in [-0.15, -0.1) is 0 Å². The highest BCUT2D eigenvalue weighted by molar-refractivity contribution is 5.98. The molecule has 1 aromatic heterocycles. The van der Waals surface area contributed by atoms with E-state index in [0.29, 0.717) is 37.6 Å². The van der Waals surface area contributed by atoms with Crippen molar-refractivity contribution in [2.24, 2.45) is 4.99 Å². The Kier molecular flexibility index (Phi) is 9.02. The molecule has 0 atom stereocenters. The molecule has 1 rings (SSSR count). The predicted octanol–water partition coefficient (Wildman–Crippen LogP) is 3.90. The van der Waals surface area contributed by atoms with Crippen molar-refractivity contribution in [2.45, 2.75) is 27.2 Å². The van der Waals surface area contributed by atoms with Crippen LogP contribution in [0.2, 0.25) is 0 Å². The van der Waals surface area contributed by atoms with Gasteiger partial charge in [0.2, 0.25) is 0 Å². The maximum atomic E-state index is 14.4. The summed E-state index contributed by atoms with van der Waals surface area (Å²) in [5, 5.41) is 11.5. The van der Waals surface area contributed by atoms with Crippen molar-refractivity contribution in [1.82, 2.24) is 4.98 Å². The highest BCUT2D eigenvalue weighted by atomic mass is 19.1. The van der Waals surface area contributed by atoms with Gasteiger partial charge in [0.15, 0.2) is 11.6 Å². The van der Waals surface area contributed by atoms with Gasteiger partial charge in [-0.2, -0.15) is 5.26 Å². The molecular weight excluding hydrogens is 333 g/mol. The Labute approximate surface area is 154 Å². The number of hydrogen-bond donors (Lipinski definition) is 1. The Bertz CT molecular complexity index is 721. The molecule has 0 saturated carbocycles. The molecule has 1 N–H and O–H groups in total. The van der Waals surface area contributed by atoms with Gasteiger partial charge < -0.3 is 15.0 Å². The standard InChI is InChI=1S/C19H26FN5O/c1-6-25(10-11-26-5)19-18(20)12-17(13-22-19)24-16(4)23-15(3)14(2)8-7-9-21/h8,12-13,24H,4,6-7,10-11H2,1-3,5H3/b14-8-,23-15-. The number of nitrogens with one attached hydrogen (secondary N) is 1. The van der Waals surface area contributed by atoms with Gasteiger partial charge in [0.25, 0.3) is 0 Å². The van der Waals surface area contributed by atoms with E-state index in [1.54, 1.807) is 19.4 Å². The maximum absolute atomic E-state index is 14.4. The maximum Gasteiger partial charge on any atom is 0.167 e. The van der Waals surface area contributed by atoms with Crippen LogP contribution in [0.5, 0.6) is 0 Å². The first kappa shape index (κ1) is 21.3. The molecule has 0 amide bonds. The molecule has 0 aliphatic carbocycles. The summed E-state index contributed by atoms with van der Waals surface area (Å²) in [6, 6.07) is 3.42. The molecule has 0 saturated heterocycles. The van der Waals surface area contributed by atoms with Gasteiger partial charge in [-0.1, -0.05) is 12.7 Å². The molecule has 140 valence electrons. The van der Waals surface area contributed by atoms with Crippen LogP contribution < -0.4 is 10.2 Å². The van der Waals surface area contributed by atoms with Crippen molar-refractivity contribution in [1.29, 1.82) is 5.26 Å². The van der Waals surface area contributed by atoms with Gasteiger partial charge in [-0.3, -0.25) is 0 Å². The molecule has 0 bridgehead atoms. The van der Waals surface area contributed by atoms with Crippen LogP contribution in [0.25, 0.3) is 0 Å². The minimum absolute atomic E-state index is 0.288. The summed E-state index contributed by atoms with van der Waals surface area (Å²) in [6.45, 7) is 11.2. The van der Waals surface area contributed by atoms with Gasteiger partial charge in [0.05, 0.1) is 31.0 Å². The first-order chi connectivity index (χ1) is 12.4. The van der Waals surface area contributed by atoms with Crippen LogP contribution >= 0.6 is 0 Å². The molecule has 26 heavy (non-hydrogen) atoms. The topological polar surface area (TPSA) is 73.5 Å². The average Bonchev–Trinajstić information content (AvgIpc) is 2.61. The zero-order valence-electron chi connectivity index (χ0n) is 15.8. The van der Waals surface area contributed by atoms with Crippen molar-refractivity contribution in [2.75, 3.05) is 37.0 Å². The average molecular weight is 359 g/mol. The highest BCUT2D eigenvalue weighted by Gasteiger charge is 2.12. The van der Waals surface area contributed by atoms with Crippen molar-refractivity contribution in [3.8, 4) is 6.07 Å². The van der Waals surface area contributed by atoms with Crippen LogP contribution in [-0.4, -0.2) is 37.5 Å². The number of allylic oxidation sites excluding steroid dienone is 2. The third-order valence-corrected chi connectivity index (χ3v) is 3.73. The molecule has 0 spiro atoms. The minimum atomic E-state index is -0.424. The number of rotatable bonds is 10. The Morgan fingerprint density at radius 3 is 2.85 bits per heavy atom. The Morgan fingerprint density at radius 2 is 2.27 bits per heavy atom. The van der Waals surface area contributed by atoms with Gasteiger partial charge in [-0.25, -0.2) is 14.4 Å². The molecule has 0 aliphatic rings. The van der Waals surface area contributed by atoms with Crippen molar-refractivity contribution >= 4 is 17.2 Å². The van der Waals surface area contributed by atoms with E-state index in [2.05, 4.69) is 27.9 Å². The molecule has 0 aromatic carbocycles. The van der Waals surface area contributed by atoms with E-state index in [1.165, 1.54) is 6.07 Å². The molecule has 0 unspecified atom stereocenters. The number of halogens is 1. The fraction of sp³-hybridized carbons (Fsp3) is 0.421. The second kappa shape index (κ2) is 11.0. The van der Waals surface area contributed by atoms with Crippen molar-refractivity contribution in [3.63, 3.8) is 0 Å². The fourth-order valence-electron chi connectivity index (χ4n) is 2.18. The normalized spacial score (nSPS) is 11.8. The number of nitriles is 1. The number of pyridine rings is 1. The second-order valence-corrected chi connectivity index (χ2v) is 5.62. The van der Waals surface area contributed by atoms with Crippen LogP contribution in [0.3, 0.4) is 0 Å². The first-order valence-electron chi connectivity index (χ1n) is 8.37. The van der Waals surface area contributed by atoms with E-state index in [4.69, 9.17) is 10.00 Å². The molecule has 0 radical (unpaired) electrons. The zero-order valence-corrected chi connectivity index (χ0v) is 15.8. The van der Waals surface area contributed by atoms with E-state index < -0.39 is 5.82 Å². The molecule has 1 heterocycles. The third kappa shape index (κ3) is 6.65. The number of hydrogen-bond acceptors (Lipinski definition) is 6. The second-order valence-electron chi connectivity index (χ2n) is 5.62. The summed E-state index contributed by atoms with van der Waals surface area (Å²) in [5.41, 5.74) is 2.10. The van der Waals surface area contributed by atoms with Crippen LogP contribution in [0.4, 0.5) is 15.9 Å². The molecule has 0 fully saturated rings. The fourth-order valence-corrected chi connectivity index (χ4v) is 2.18. The summed E-state index contributed by atoms with van der Waals surface area (Å²) in [5.74, 6) is 0.232. The molecule has 7 heteroatoms. The van der Waals surface area contributed by atoms with E-state index in [0.717, 1.165) is 11.3 Å². The minimum Gasteiger partial charge on any atom is -0.383 e. The summed E-state index contributed by atoms with van der Waals surface area (Å²) in [4.78, 5) is 10.3. The number of ether oxygens (including phenoxy) is 1. The summed E-state index contributed by atoms with van der Waals surface area (Å²) in [7, 11) is 1.61. The van der Waals surface area contributed by atoms with Gasteiger partial charge in [0, 0.05) is 32.0 Å². The van der Waals surface area contributed by atoms with Crippen LogP contribution in [0.15, 0.2) is 41.3 Å². The smallest absolute Gasteiger partial charge is 0.167 e. The number of anilines is 2. The van der Waals surface area contributed by atoms with E-state index in [1.807, 2.05) is 25.7 Å². The first-order valence-corrected chi connectivity index (χ1v) is 8.37.